The van der Waals surface area contributed by atoms with E-state index >= 15 is 0 Å². The predicted molar refractivity (Wildman–Crippen MR) is 160 cm³/mol. The van der Waals surface area contributed by atoms with Crippen molar-refractivity contribution in [1.29, 1.82) is 0 Å². The lowest BCUT2D eigenvalue weighted by Gasteiger charge is -2.05. The van der Waals surface area contributed by atoms with Crippen molar-refractivity contribution in [3.8, 4) is 0 Å². The smallest absolute Gasteiger partial charge is 0.0766 e. The third kappa shape index (κ3) is 47.5. The van der Waals surface area contributed by atoms with Crippen LogP contribution in [0.25, 0.3) is 0 Å². The fourth-order valence-electron chi connectivity index (χ4n) is 3.33. The molecule has 0 rings (SSSR count). The molecular weight excluding hydrogens is 476 g/mol. The molecule has 0 saturated carbocycles. The van der Waals surface area contributed by atoms with E-state index in [9.17, 15) is 19.8 Å². The molecular formula is C32H66N2O4. The summed E-state index contributed by atoms with van der Waals surface area (Å²) in [6.07, 6.45) is 19.7. The second-order valence-electron chi connectivity index (χ2n) is 10.7. The highest BCUT2D eigenvalue weighted by atomic mass is 16.4. The summed E-state index contributed by atoms with van der Waals surface area (Å²) in [7, 11) is 8.91. The fourth-order valence-corrected chi connectivity index (χ4v) is 3.33. The number of hydrogen-bond acceptors (Lipinski definition) is 4. The lowest BCUT2D eigenvalue weighted by Crippen LogP contribution is -3.05. The van der Waals surface area contributed by atoms with Gasteiger partial charge in [0.1, 0.15) is 0 Å². The van der Waals surface area contributed by atoms with Crippen LogP contribution in [-0.2, 0) is 9.59 Å². The van der Waals surface area contributed by atoms with E-state index in [1.54, 1.807) is 9.80 Å². The lowest BCUT2D eigenvalue weighted by molar-refractivity contribution is -0.858. The van der Waals surface area contributed by atoms with Gasteiger partial charge in [-0.25, -0.2) is 0 Å². The van der Waals surface area contributed by atoms with Crippen LogP contribution in [0.4, 0.5) is 0 Å². The van der Waals surface area contributed by atoms with Crippen molar-refractivity contribution in [2.24, 2.45) is 0 Å². The average Bonchev–Trinajstić information content (AvgIpc) is 2.84. The first-order chi connectivity index (χ1) is 17.9. The van der Waals surface area contributed by atoms with Gasteiger partial charge < -0.3 is 29.6 Å². The minimum absolute atomic E-state index is 0.188. The first kappa shape index (κ1) is 43.4. The van der Waals surface area contributed by atoms with E-state index in [4.69, 9.17) is 0 Å². The molecule has 0 saturated heterocycles. The maximum absolute atomic E-state index is 9.88. The summed E-state index contributed by atoms with van der Waals surface area (Å²) in [4.78, 5) is 22.9. The molecule has 0 aliphatic heterocycles. The van der Waals surface area contributed by atoms with Gasteiger partial charge in [0.2, 0.25) is 0 Å². The fraction of sp³-hybridized carbons (Fsp3) is 0.812. The first-order valence-electron chi connectivity index (χ1n) is 15.3. The Bertz CT molecular complexity index is 498. The first-order valence-corrected chi connectivity index (χ1v) is 15.3. The molecule has 0 fully saturated rings. The summed E-state index contributed by atoms with van der Waals surface area (Å²) < 4.78 is 0. The molecule has 0 aromatic carbocycles. The summed E-state index contributed by atoms with van der Waals surface area (Å²) in [6, 6.07) is 0. The van der Waals surface area contributed by atoms with E-state index in [1.807, 2.05) is 13.8 Å². The quantitative estimate of drug-likeness (QED) is 0.183. The highest BCUT2D eigenvalue weighted by Gasteiger charge is 1.94. The van der Waals surface area contributed by atoms with Crippen molar-refractivity contribution in [3.63, 3.8) is 0 Å². The van der Waals surface area contributed by atoms with Gasteiger partial charge in [-0.3, -0.25) is 0 Å². The predicted octanol–water partition coefficient (Wildman–Crippen LogP) is 3.17. The molecule has 0 unspecified atom stereocenters. The number of aliphatic carboxylic acids is 2. The SMILES string of the molecule is C=C(CCC)C(=O)[O-].C=C(CCC)C(=O)[O-].CCCCCCCC[NH+](C)C.CCCCCCCC[NH+](C)C. The second-order valence-corrected chi connectivity index (χ2v) is 10.7. The maximum Gasteiger partial charge on any atom is 0.0766 e. The van der Waals surface area contributed by atoms with Crippen molar-refractivity contribution in [1.82, 2.24) is 0 Å². The van der Waals surface area contributed by atoms with Gasteiger partial charge in [0, 0.05) is 0 Å². The van der Waals surface area contributed by atoms with Gasteiger partial charge in [-0.15, -0.1) is 0 Å². The summed E-state index contributed by atoms with van der Waals surface area (Å²) in [5.74, 6) is -2.27. The minimum Gasteiger partial charge on any atom is -0.545 e. The molecule has 6 nitrogen and oxygen atoms in total. The van der Waals surface area contributed by atoms with Crippen molar-refractivity contribution in [2.45, 2.75) is 130 Å². The minimum atomic E-state index is -1.13. The summed E-state index contributed by atoms with van der Waals surface area (Å²) in [5.41, 5.74) is 0.375. The number of carbonyl (C=O) groups is 2. The number of hydrogen-bond donors (Lipinski definition) is 2. The summed E-state index contributed by atoms with van der Waals surface area (Å²) in [6.45, 7) is 17.6. The molecule has 0 aliphatic carbocycles. The molecule has 0 amide bonds. The normalized spacial score (nSPS) is 9.95. The molecule has 0 atom stereocenters. The standard InChI is InChI=1S/2C10H23N.2C6H10O2/c2*1-4-5-6-7-8-9-10-11(2)3;2*1-3-4-5(2)6(7)8/h2*4-10H2,1-3H3;2*2-4H2,1H3,(H,7,8). The van der Waals surface area contributed by atoms with Crippen LogP contribution in [-0.4, -0.2) is 53.2 Å². The number of unbranched alkanes of at least 4 members (excludes halogenated alkanes) is 10. The molecule has 0 aliphatic rings. The number of nitrogens with one attached hydrogen (secondary N) is 2. The number of carboxylic acids is 2. The van der Waals surface area contributed by atoms with E-state index in [0.717, 1.165) is 12.8 Å². The number of carboxylic acid groups (broad SMARTS) is 2. The number of quaternary nitrogens is 2. The van der Waals surface area contributed by atoms with Crippen LogP contribution >= 0.6 is 0 Å². The Morgan fingerprint density at radius 1 is 0.500 bits per heavy atom. The van der Waals surface area contributed by atoms with Crippen molar-refractivity contribution in [3.05, 3.63) is 24.3 Å². The average molecular weight is 543 g/mol. The maximum atomic E-state index is 9.88. The molecule has 2 N–H and O–H groups in total. The molecule has 0 spiro atoms. The molecule has 38 heavy (non-hydrogen) atoms. The molecule has 228 valence electrons. The topological polar surface area (TPSA) is 89.1 Å². The molecule has 0 aromatic heterocycles. The Balaban J connectivity index is -0.000000205. The van der Waals surface area contributed by atoms with Crippen LogP contribution in [0.1, 0.15) is 130 Å². The van der Waals surface area contributed by atoms with Crippen LogP contribution in [0.2, 0.25) is 0 Å². The highest BCUT2D eigenvalue weighted by molar-refractivity contribution is 5.84. The van der Waals surface area contributed by atoms with Crippen molar-refractivity contribution in [2.75, 3.05) is 41.3 Å². The largest absolute Gasteiger partial charge is 0.545 e. The van der Waals surface area contributed by atoms with Crippen LogP contribution in [0.5, 0.6) is 0 Å². The van der Waals surface area contributed by atoms with Crippen LogP contribution in [0.3, 0.4) is 0 Å². The zero-order valence-corrected chi connectivity index (χ0v) is 26.8. The van der Waals surface area contributed by atoms with Crippen molar-refractivity contribution >= 4 is 11.9 Å². The number of rotatable bonds is 20. The van der Waals surface area contributed by atoms with Crippen LogP contribution < -0.4 is 20.0 Å². The lowest BCUT2D eigenvalue weighted by atomic mass is 10.1. The number of carbonyl (C=O) groups excluding carboxylic acids is 2. The zero-order valence-electron chi connectivity index (χ0n) is 26.8. The van der Waals surface area contributed by atoms with Gasteiger partial charge in [-0.1, -0.05) is 105 Å². The summed E-state index contributed by atoms with van der Waals surface area (Å²) >= 11 is 0. The second kappa shape index (κ2) is 35.3. The van der Waals surface area contributed by atoms with Crippen LogP contribution in [0.15, 0.2) is 24.3 Å². The molecule has 6 heteroatoms. The Kier molecular flexibility index (Phi) is 40.4. The van der Waals surface area contributed by atoms with Crippen LogP contribution in [0, 0.1) is 0 Å². The van der Waals surface area contributed by atoms with Gasteiger partial charge in [0.05, 0.1) is 53.2 Å². The van der Waals surface area contributed by atoms with E-state index in [-0.39, 0.29) is 11.1 Å². The third-order valence-corrected chi connectivity index (χ3v) is 5.74. The molecule has 0 bridgehead atoms. The zero-order chi connectivity index (χ0) is 30.2. The van der Waals surface area contributed by atoms with E-state index in [1.165, 1.54) is 90.1 Å². The van der Waals surface area contributed by atoms with E-state index in [2.05, 4.69) is 55.2 Å². The Morgan fingerprint density at radius 2 is 0.763 bits per heavy atom. The summed E-state index contributed by atoms with van der Waals surface area (Å²) in [5, 5.41) is 19.8. The van der Waals surface area contributed by atoms with Gasteiger partial charge in [0.15, 0.2) is 0 Å². The highest BCUT2D eigenvalue weighted by Crippen LogP contribution is 2.04. The van der Waals surface area contributed by atoms with Gasteiger partial charge in [-0.2, -0.15) is 0 Å². The van der Waals surface area contributed by atoms with E-state index < -0.39 is 11.9 Å². The van der Waals surface area contributed by atoms with Gasteiger partial charge in [-0.05, 0) is 49.7 Å². The Hall–Kier alpha value is -1.66. The third-order valence-electron chi connectivity index (χ3n) is 5.74. The monoisotopic (exact) mass is 543 g/mol. The van der Waals surface area contributed by atoms with Crippen molar-refractivity contribution < 1.29 is 29.6 Å². The van der Waals surface area contributed by atoms with Gasteiger partial charge >= 0.3 is 0 Å². The van der Waals surface area contributed by atoms with Gasteiger partial charge in [0.25, 0.3) is 0 Å². The Morgan fingerprint density at radius 3 is 0.947 bits per heavy atom. The molecule has 0 heterocycles. The van der Waals surface area contributed by atoms with E-state index in [0.29, 0.717) is 12.8 Å². The molecule has 0 aromatic rings. The molecule has 0 radical (unpaired) electrons. The Labute approximate surface area is 237 Å².